The molecule has 1 aliphatic heterocycles. The van der Waals surface area contributed by atoms with Crippen LogP contribution in [0.3, 0.4) is 0 Å². The fourth-order valence-corrected chi connectivity index (χ4v) is 4.25. The quantitative estimate of drug-likeness (QED) is 0.792. The van der Waals surface area contributed by atoms with Crippen molar-refractivity contribution in [2.24, 2.45) is 0 Å². The molecule has 1 heterocycles. The monoisotopic (exact) mass is 381 g/mol. The van der Waals surface area contributed by atoms with Crippen molar-refractivity contribution >= 4 is 11.9 Å². The van der Waals surface area contributed by atoms with E-state index in [4.69, 9.17) is 4.74 Å². The van der Waals surface area contributed by atoms with Gasteiger partial charge in [0.05, 0.1) is 16.7 Å². The fraction of sp³-hybridized carbons (Fsp3) is 0.391. The minimum absolute atomic E-state index is 0.0185. The molecule has 5 nitrogen and oxygen atoms in total. The minimum Gasteiger partial charge on any atom is -0.478 e. The van der Waals surface area contributed by atoms with Gasteiger partial charge in [-0.3, -0.25) is 4.79 Å². The Morgan fingerprint density at radius 2 is 1.68 bits per heavy atom. The van der Waals surface area contributed by atoms with E-state index in [9.17, 15) is 14.7 Å². The van der Waals surface area contributed by atoms with Crippen LogP contribution in [0.15, 0.2) is 54.6 Å². The van der Waals surface area contributed by atoms with E-state index in [1.807, 2.05) is 18.2 Å². The van der Waals surface area contributed by atoms with Gasteiger partial charge in [0.15, 0.2) is 0 Å². The van der Waals surface area contributed by atoms with Gasteiger partial charge in [0.1, 0.15) is 0 Å². The average molecular weight is 381 g/mol. The molecule has 1 atom stereocenters. The number of carbonyl (C=O) groups is 2. The lowest BCUT2D eigenvalue weighted by atomic mass is 9.67. The van der Waals surface area contributed by atoms with Crippen LogP contribution in [-0.2, 0) is 10.2 Å². The number of carboxylic acids is 1. The van der Waals surface area contributed by atoms with Gasteiger partial charge in [-0.1, -0.05) is 42.5 Å². The number of benzene rings is 2. The third-order valence-corrected chi connectivity index (χ3v) is 5.51. The van der Waals surface area contributed by atoms with Gasteiger partial charge in [-0.2, -0.15) is 0 Å². The zero-order chi connectivity index (χ0) is 20.2. The van der Waals surface area contributed by atoms with Crippen molar-refractivity contribution in [3.8, 4) is 0 Å². The lowest BCUT2D eigenvalue weighted by Gasteiger charge is -2.45. The van der Waals surface area contributed by atoms with Crippen LogP contribution in [0.25, 0.3) is 0 Å². The van der Waals surface area contributed by atoms with Gasteiger partial charge in [-0.25, -0.2) is 4.79 Å². The number of amides is 1. The molecule has 2 N–H and O–H groups in total. The van der Waals surface area contributed by atoms with E-state index in [0.29, 0.717) is 13.2 Å². The van der Waals surface area contributed by atoms with Crippen molar-refractivity contribution in [1.29, 1.82) is 0 Å². The van der Waals surface area contributed by atoms with Crippen LogP contribution < -0.4 is 5.32 Å². The molecule has 1 saturated heterocycles. The van der Waals surface area contributed by atoms with E-state index >= 15 is 0 Å². The molecule has 2 aromatic rings. The summed E-state index contributed by atoms with van der Waals surface area (Å²) >= 11 is 0. The van der Waals surface area contributed by atoms with Crippen LogP contribution >= 0.6 is 0 Å². The van der Waals surface area contributed by atoms with Gasteiger partial charge >= 0.3 is 5.97 Å². The third-order valence-electron chi connectivity index (χ3n) is 5.51. The summed E-state index contributed by atoms with van der Waals surface area (Å²) in [7, 11) is 0. The van der Waals surface area contributed by atoms with E-state index in [2.05, 4.69) is 31.3 Å². The number of hydrogen-bond acceptors (Lipinski definition) is 3. The van der Waals surface area contributed by atoms with Gasteiger partial charge in [0.25, 0.3) is 5.91 Å². The number of nitrogens with one attached hydrogen (secondary N) is 1. The first-order valence-corrected chi connectivity index (χ1v) is 9.63. The smallest absolute Gasteiger partial charge is 0.336 e. The van der Waals surface area contributed by atoms with E-state index < -0.39 is 5.97 Å². The molecule has 0 saturated carbocycles. The summed E-state index contributed by atoms with van der Waals surface area (Å²) < 4.78 is 5.93. The molecule has 2 aromatic carbocycles. The molecular weight excluding hydrogens is 354 g/mol. The van der Waals surface area contributed by atoms with Crippen LogP contribution in [0.5, 0.6) is 0 Å². The number of ether oxygens (including phenoxy) is 1. The molecule has 5 heteroatoms. The Hall–Kier alpha value is -2.66. The highest BCUT2D eigenvalue weighted by Gasteiger charge is 2.41. The summed E-state index contributed by atoms with van der Waals surface area (Å²) in [5, 5.41) is 12.2. The first kappa shape index (κ1) is 20.1. The molecule has 0 bridgehead atoms. The van der Waals surface area contributed by atoms with Crippen molar-refractivity contribution in [2.45, 2.75) is 44.1 Å². The fourth-order valence-electron chi connectivity index (χ4n) is 4.25. The highest BCUT2D eigenvalue weighted by Crippen LogP contribution is 2.43. The highest BCUT2D eigenvalue weighted by atomic mass is 16.5. The van der Waals surface area contributed by atoms with Crippen molar-refractivity contribution in [1.82, 2.24) is 5.32 Å². The molecule has 1 amide bonds. The van der Waals surface area contributed by atoms with E-state index in [1.165, 1.54) is 11.6 Å². The first-order chi connectivity index (χ1) is 13.3. The standard InChI is InChI=1S/C23H27NO4/c1-22(2)16-23(13-15-28-22,17-8-4-3-5-9-17)12-14-24-20(25)18-10-6-7-11-19(18)21(26)27/h3-11H,12-16H2,1-2H3,(H,24,25)(H,26,27)/t23-/m1/s1. The first-order valence-electron chi connectivity index (χ1n) is 9.63. The molecular formula is C23H27NO4. The lowest BCUT2D eigenvalue weighted by Crippen LogP contribution is -2.45. The maximum absolute atomic E-state index is 12.6. The Morgan fingerprint density at radius 3 is 2.32 bits per heavy atom. The highest BCUT2D eigenvalue weighted by molar-refractivity contribution is 6.04. The molecule has 0 spiro atoms. The zero-order valence-corrected chi connectivity index (χ0v) is 16.4. The van der Waals surface area contributed by atoms with Crippen LogP contribution in [0.4, 0.5) is 0 Å². The Bertz CT molecular complexity index is 847. The number of carboxylic acid groups (broad SMARTS) is 1. The summed E-state index contributed by atoms with van der Waals surface area (Å²) in [5.41, 5.74) is 1.16. The third kappa shape index (κ3) is 4.42. The van der Waals surface area contributed by atoms with Gasteiger partial charge < -0.3 is 15.2 Å². The van der Waals surface area contributed by atoms with Crippen molar-refractivity contribution in [2.75, 3.05) is 13.2 Å². The van der Waals surface area contributed by atoms with Crippen molar-refractivity contribution in [3.63, 3.8) is 0 Å². The van der Waals surface area contributed by atoms with Gasteiger partial charge in [0.2, 0.25) is 0 Å². The number of rotatable bonds is 6. The minimum atomic E-state index is -1.10. The molecule has 0 aromatic heterocycles. The Morgan fingerprint density at radius 1 is 1.04 bits per heavy atom. The number of hydrogen-bond donors (Lipinski definition) is 2. The number of carbonyl (C=O) groups excluding carboxylic acids is 1. The normalized spacial score (nSPS) is 21.1. The Balaban J connectivity index is 1.75. The summed E-state index contributed by atoms with van der Waals surface area (Å²) in [6.07, 6.45) is 2.53. The van der Waals surface area contributed by atoms with E-state index in [1.54, 1.807) is 18.2 Å². The molecule has 1 aliphatic rings. The molecule has 0 radical (unpaired) electrons. The van der Waals surface area contributed by atoms with Gasteiger partial charge in [0, 0.05) is 18.6 Å². The Labute approximate surface area is 165 Å². The predicted octanol–water partition coefficient (Wildman–Crippen LogP) is 4.03. The van der Waals surface area contributed by atoms with E-state index in [0.717, 1.165) is 19.3 Å². The van der Waals surface area contributed by atoms with Gasteiger partial charge in [-0.15, -0.1) is 0 Å². The molecule has 0 aliphatic carbocycles. The van der Waals surface area contributed by atoms with Gasteiger partial charge in [-0.05, 0) is 50.8 Å². The SMILES string of the molecule is CC1(C)C[C@](CCNC(=O)c2ccccc2C(=O)O)(c2ccccc2)CCO1. The summed E-state index contributed by atoms with van der Waals surface area (Å²) in [4.78, 5) is 23.9. The molecule has 3 rings (SSSR count). The maximum atomic E-state index is 12.6. The summed E-state index contributed by atoms with van der Waals surface area (Å²) in [6.45, 7) is 5.35. The lowest BCUT2D eigenvalue weighted by molar-refractivity contribution is -0.0838. The van der Waals surface area contributed by atoms with Crippen molar-refractivity contribution < 1.29 is 19.4 Å². The largest absolute Gasteiger partial charge is 0.478 e. The topological polar surface area (TPSA) is 75.6 Å². The summed E-state index contributed by atoms with van der Waals surface area (Å²) in [5.74, 6) is -1.45. The van der Waals surface area contributed by atoms with Crippen molar-refractivity contribution in [3.05, 3.63) is 71.3 Å². The molecule has 148 valence electrons. The maximum Gasteiger partial charge on any atom is 0.336 e. The second kappa shape index (κ2) is 8.15. The molecule has 28 heavy (non-hydrogen) atoms. The number of aromatic carboxylic acids is 1. The Kier molecular flexibility index (Phi) is 5.84. The molecule has 0 unspecified atom stereocenters. The summed E-state index contributed by atoms with van der Waals surface area (Å²) in [6, 6.07) is 16.7. The van der Waals surface area contributed by atoms with Crippen LogP contribution in [0.2, 0.25) is 0 Å². The average Bonchev–Trinajstić information content (AvgIpc) is 2.68. The second-order valence-electron chi connectivity index (χ2n) is 8.04. The van der Waals surface area contributed by atoms with E-state index in [-0.39, 0.29) is 28.1 Å². The second-order valence-corrected chi connectivity index (χ2v) is 8.04. The zero-order valence-electron chi connectivity index (χ0n) is 16.4. The van der Waals surface area contributed by atoms with Crippen LogP contribution in [0, 0.1) is 0 Å². The molecule has 1 fully saturated rings. The predicted molar refractivity (Wildman–Crippen MR) is 108 cm³/mol. The van der Waals surface area contributed by atoms with Crippen LogP contribution in [-0.4, -0.2) is 35.7 Å². The van der Waals surface area contributed by atoms with Crippen LogP contribution in [0.1, 0.15) is 59.4 Å².